The van der Waals surface area contributed by atoms with E-state index in [0.717, 1.165) is 64.6 Å². The van der Waals surface area contributed by atoms with Crippen LogP contribution in [0.3, 0.4) is 0 Å². The van der Waals surface area contributed by atoms with Crippen LogP contribution in [0.2, 0.25) is 12.1 Å². The number of rotatable bonds is 14. The van der Waals surface area contributed by atoms with E-state index < -0.39 is 8.56 Å². The molecule has 4 nitrogen and oxygen atoms in total. The van der Waals surface area contributed by atoms with Crippen LogP contribution in [0.4, 0.5) is 0 Å². The fraction of sp³-hybridized carbons (Fsp3) is 1.00. The summed E-state index contributed by atoms with van der Waals surface area (Å²) in [5.41, 5.74) is 0. The Balaban J connectivity index is 3.83. The second kappa shape index (κ2) is 12.8. The van der Waals surface area contributed by atoms with Crippen LogP contribution in [-0.2, 0) is 13.6 Å². The molecule has 0 aromatic rings. The van der Waals surface area contributed by atoms with Crippen molar-refractivity contribution in [3.05, 3.63) is 0 Å². The molecular weight excluding hydrogens is 270 g/mol. The highest BCUT2D eigenvalue weighted by molar-refractivity contribution is 6.67. The molecule has 0 unspecified atom stereocenters. The monoisotopic (exact) mass is 305 g/mol. The maximum absolute atomic E-state index is 5.93. The zero-order chi connectivity index (χ0) is 15.3. The first-order valence-corrected chi connectivity index (χ1v) is 10.5. The summed E-state index contributed by atoms with van der Waals surface area (Å²) in [5.74, 6) is 0. The van der Waals surface area contributed by atoms with Crippen LogP contribution in [0, 0.1) is 0 Å². The van der Waals surface area contributed by atoms with E-state index in [4.69, 9.17) is 13.6 Å². The molecule has 0 aliphatic heterocycles. The van der Waals surface area contributed by atoms with Crippen LogP contribution in [0.15, 0.2) is 0 Å². The predicted molar refractivity (Wildman–Crippen MR) is 87.5 cm³/mol. The molecule has 0 aromatic carbocycles. The predicted octanol–water partition coefficient (Wildman–Crippen LogP) is 3.27. The molecule has 5 heteroatoms. The van der Waals surface area contributed by atoms with E-state index in [1.54, 1.807) is 0 Å². The van der Waals surface area contributed by atoms with Gasteiger partial charge in [-0.1, -0.05) is 20.8 Å². The molecule has 20 heavy (non-hydrogen) atoms. The fourth-order valence-electron chi connectivity index (χ4n) is 2.35. The van der Waals surface area contributed by atoms with E-state index in [2.05, 4.69) is 25.7 Å². The van der Waals surface area contributed by atoms with Crippen LogP contribution in [0.5, 0.6) is 0 Å². The van der Waals surface area contributed by atoms with Gasteiger partial charge in [0, 0.05) is 39.0 Å². The second-order valence-corrected chi connectivity index (χ2v) is 8.48. The summed E-state index contributed by atoms with van der Waals surface area (Å²) >= 11 is 0. The van der Waals surface area contributed by atoms with Crippen molar-refractivity contribution >= 4 is 8.56 Å². The highest BCUT2D eigenvalue weighted by atomic mass is 28.4. The molecule has 0 saturated carbocycles. The maximum atomic E-state index is 5.93. The molecule has 0 saturated heterocycles. The van der Waals surface area contributed by atoms with Gasteiger partial charge in [0.05, 0.1) is 0 Å². The van der Waals surface area contributed by atoms with Gasteiger partial charge in [0.1, 0.15) is 0 Å². The highest BCUT2D eigenvalue weighted by Gasteiger charge is 2.34. The van der Waals surface area contributed by atoms with E-state index >= 15 is 0 Å². The first-order valence-electron chi connectivity index (χ1n) is 8.25. The van der Waals surface area contributed by atoms with Gasteiger partial charge in [-0.25, -0.2) is 0 Å². The third-order valence-corrected chi connectivity index (χ3v) is 7.31. The molecular formula is C15H35NO3Si. The quantitative estimate of drug-likeness (QED) is 0.364. The Kier molecular flexibility index (Phi) is 12.8. The summed E-state index contributed by atoms with van der Waals surface area (Å²) in [4.78, 5) is 2.43. The fourth-order valence-corrected chi connectivity index (χ4v) is 4.99. The molecule has 0 aliphatic rings. The minimum absolute atomic E-state index is 0.738. The molecule has 0 atom stereocenters. The summed E-state index contributed by atoms with van der Waals surface area (Å²) in [6.45, 7) is 17.1. The Labute approximate surface area is 127 Å². The van der Waals surface area contributed by atoms with Gasteiger partial charge in [0.25, 0.3) is 0 Å². The smallest absolute Gasteiger partial charge is 0.340 e. The zero-order valence-corrected chi connectivity index (χ0v) is 15.2. The molecule has 0 amide bonds. The molecule has 0 bridgehead atoms. The third-order valence-electron chi connectivity index (χ3n) is 3.64. The summed E-state index contributed by atoms with van der Waals surface area (Å²) in [7, 11) is -2.00. The molecule has 0 fully saturated rings. The molecule has 0 heterocycles. The van der Waals surface area contributed by atoms with Crippen molar-refractivity contribution in [1.29, 1.82) is 0 Å². The zero-order valence-electron chi connectivity index (χ0n) is 14.2. The number of hydrogen-bond donors (Lipinski definition) is 0. The van der Waals surface area contributed by atoms with Crippen LogP contribution in [0.25, 0.3) is 0 Å². The first kappa shape index (κ1) is 20.1. The van der Waals surface area contributed by atoms with Gasteiger partial charge < -0.3 is 18.5 Å². The Morgan fingerprint density at radius 3 is 1.90 bits per heavy atom. The Morgan fingerprint density at radius 1 is 0.850 bits per heavy atom. The summed E-state index contributed by atoms with van der Waals surface area (Å²) < 4.78 is 17.6. The second-order valence-electron chi connectivity index (χ2n) is 4.87. The van der Waals surface area contributed by atoms with Gasteiger partial charge in [0.2, 0.25) is 0 Å². The Bertz CT molecular complexity index is 207. The lowest BCUT2D eigenvalue weighted by atomic mass is 10.4. The third kappa shape index (κ3) is 8.37. The molecule has 0 spiro atoms. The Hall–Kier alpha value is 0.0569. The van der Waals surface area contributed by atoms with E-state index in [1.165, 1.54) is 0 Å². The van der Waals surface area contributed by atoms with Crippen molar-refractivity contribution in [1.82, 2.24) is 4.90 Å². The van der Waals surface area contributed by atoms with Crippen LogP contribution in [0.1, 0.15) is 41.0 Å². The lowest BCUT2D eigenvalue weighted by molar-refractivity contribution is 0.117. The van der Waals surface area contributed by atoms with E-state index in [-0.39, 0.29) is 0 Å². The summed E-state index contributed by atoms with van der Waals surface area (Å²) in [6, 6.07) is 1.94. The number of hydrogen-bond acceptors (Lipinski definition) is 4. The standard InChI is InChI=1S/C15H35NO3Si/c1-6-16(7-2)12-11-13-17-14-15-20(10-5,18-8-3)19-9-4/h6-15H2,1-5H3. The molecule has 0 radical (unpaired) electrons. The van der Waals surface area contributed by atoms with Crippen molar-refractivity contribution in [2.75, 3.05) is 46.1 Å². The SMILES string of the molecule is CCO[Si](CC)(CCOCCCN(CC)CC)OCC. The topological polar surface area (TPSA) is 30.9 Å². The van der Waals surface area contributed by atoms with E-state index in [0.29, 0.717) is 0 Å². The minimum Gasteiger partial charge on any atom is -0.394 e. The van der Waals surface area contributed by atoms with Crippen molar-refractivity contribution < 1.29 is 13.6 Å². The highest BCUT2D eigenvalue weighted by Crippen LogP contribution is 2.19. The van der Waals surface area contributed by atoms with Crippen LogP contribution < -0.4 is 0 Å². The van der Waals surface area contributed by atoms with Crippen molar-refractivity contribution in [2.45, 2.75) is 53.1 Å². The minimum atomic E-state index is -2.00. The van der Waals surface area contributed by atoms with Crippen LogP contribution >= 0.6 is 0 Å². The van der Waals surface area contributed by atoms with Gasteiger partial charge in [-0.2, -0.15) is 0 Å². The molecule has 0 rings (SSSR count). The van der Waals surface area contributed by atoms with Crippen molar-refractivity contribution in [2.24, 2.45) is 0 Å². The average Bonchev–Trinajstić information content (AvgIpc) is 2.47. The van der Waals surface area contributed by atoms with Gasteiger partial charge >= 0.3 is 8.56 Å². The van der Waals surface area contributed by atoms with Crippen molar-refractivity contribution in [3.8, 4) is 0 Å². The first-order chi connectivity index (χ1) is 9.67. The normalized spacial score (nSPS) is 12.3. The molecule has 122 valence electrons. The van der Waals surface area contributed by atoms with Gasteiger partial charge in [-0.3, -0.25) is 0 Å². The van der Waals surface area contributed by atoms with Gasteiger partial charge in [0.15, 0.2) is 0 Å². The van der Waals surface area contributed by atoms with E-state index in [1.807, 2.05) is 13.8 Å². The van der Waals surface area contributed by atoms with Crippen molar-refractivity contribution in [3.63, 3.8) is 0 Å². The van der Waals surface area contributed by atoms with Crippen LogP contribution in [-0.4, -0.2) is 59.5 Å². The summed E-state index contributed by atoms with van der Waals surface area (Å²) in [5, 5.41) is 0. The van der Waals surface area contributed by atoms with E-state index in [9.17, 15) is 0 Å². The largest absolute Gasteiger partial charge is 0.394 e. The maximum Gasteiger partial charge on any atom is 0.340 e. The summed E-state index contributed by atoms with van der Waals surface area (Å²) in [6.07, 6.45) is 1.10. The average molecular weight is 306 g/mol. The molecule has 0 aromatic heterocycles. The number of nitrogens with zero attached hydrogens (tertiary/aromatic N) is 1. The Morgan fingerprint density at radius 2 is 1.45 bits per heavy atom. The lowest BCUT2D eigenvalue weighted by Gasteiger charge is -2.28. The molecule has 0 N–H and O–H groups in total. The van der Waals surface area contributed by atoms with Gasteiger partial charge in [-0.05, 0) is 39.4 Å². The molecule has 0 aliphatic carbocycles. The lowest BCUT2D eigenvalue weighted by Crippen LogP contribution is -2.42. The number of ether oxygens (including phenoxy) is 1. The van der Waals surface area contributed by atoms with Gasteiger partial charge in [-0.15, -0.1) is 0 Å².